The molecule has 1 unspecified atom stereocenters. The molecule has 1 heterocycles. The van der Waals surface area contributed by atoms with E-state index in [2.05, 4.69) is 4.90 Å². The largest absolute Gasteiger partial charge is 0.384 e. The summed E-state index contributed by atoms with van der Waals surface area (Å²) in [5.74, 6) is 0.720. The summed E-state index contributed by atoms with van der Waals surface area (Å²) in [6, 6.07) is 7.08. The van der Waals surface area contributed by atoms with E-state index in [1.807, 2.05) is 0 Å². The standard InChI is InChI=1S/C14H18ClNO2/c1-18-10-11-6-7-16(8-11)9-14(17)12-2-4-13(15)5-3-12/h2-5,11H,6-10H2,1H3. The van der Waals surface area contributed by atoms with Crippen LogP contribution in [-0.2, 0) is 4.74 Å². The van der Waals surface area contributed by atoms with Gasteiger partial charge in [0.05, 0.1) is 13.2 Å². The summed E-state index contributed by atoms with van der Waals surface area (Å²) < 4.78 is 5.15. The fraction of sp³-hybridized carbons (Fsp3) is 0.500. The molecular formula is C14H18ClNO2. The van der Waals surface area contributed by atoms with Gasteiger partial charge in [-0.15, -0.1) is 0 Å². The summed E-state index contributed by atoms with van der Waals surface area (Å²) in [5.41, 5.74) is 0.731. The molecule has 3 nitrogen and oxygen atoms in total. The van der Waals surface area contributed by atoms with Gasteiger partial charge in [-0.3, -0.25) is 9.69 Å². The summed E-state index contributed by atoms with van der Waals surface area (Å²) in [6.07, 6.45) is 1.11. The molecule has 98 valence electrons. The van der Waals surface area contributed by atoms with Crippen LogP contribution in [0.1, 0.15) is 16.8 Å². The van der Waals surface area contributed by atoms with Crippen molar-refractivity contribution in [2.45, 2.75) is 6.42 Å². The van der Waals surface area contributed by atoms with Crippen LogP contribution in [0.2, 0.25) is 5.02 Å². The Morgan fingerprint density at radius 2 is 2.17 bits per heavy atom. The van der Waals surface area contributed by atoms with Crippen molar-refractivity contribution in [3.63, 3.8) is 0 Å². The molecular weight excluding hydrogens is 250 g/mol. The van der Waals surface area contributed by atoms with E-state index in [9.17, 15) is 4.79 Å². The van der Waals surface area contributed by atoms with E-state index in [4.69, 9.17) is 16.3 Å². The Morgan fingerprint density at radius 1 is 1.44 bits per heavy atom. The van der Waals surface area contributed by atoms with Crippen LogP contribution in [-0.4, -0.2) is 44.0 Å². The Kier molecular flexibility index (Phi) is 4.75. The molecule has 1 atom stereocenters. The van der Waals surface area contributed by atoms with Gasteiger partial charge in [0.2, 0.25) is 0 Å². The molecule has 0 radical (unpaired) electrons. The van der Waals surface area contributed by atoms with Crippen LogP contribution in [0, 0.1) is 5.92 Å². The van der Waals surface area contributed by atoms with E-state index in [-0.39, 0.29) is 5.78 Å². The fourth-order valence-corrected chi connectivity index (χ4v) is 2.48. The average Bonchev–Trinajstić information content (AvgIpc) is 2.78. The number of carbonyl (C=O) groups is 1. The number of likely N-dealkylation sites (tertiary alicyclic amines) is 1. The van der Waals surface area contributed by atoms with Crippen molar-refractivity contribution < 1.29 is 9.53 Å². The molecule has 0 aromatic heterocycles. The third kappa shape index (κ3) is 3.55. The maximum absolute atomic E-state index is 12.1. The zero-order valence-corrected chi connectivity index (χ0v) is 11.3. The normalized spacial score (nSPS) is 20.2. The van der Waals surface area contributed by atoms with Crippen LogP contribution in [0.15, 0.2) is 24.3 Å². The second-order valence-corrected chi connectivity index (χ2v) is 5.21. The number of methoxy groups -OCH3 is 1. The van der Waals surface area contributed by atoms with Crippen molar-refractivity contribution in [1.82, 2.24) is 4.90 Å². The summed E-state index contributed by atoms with van der Waals surface area (Å²) in [4.78, 5) is 14.3. The van der Waals surface area contributed by atoms with Crippen LogP contribution in [0.4, 0.5) is 0 Å². The van der Waals surface area contributed by atoms with Crippen LogP contribution >= 0.6 is 11.6 Å². The van der Waals surface area contributed by atoms with Crippen molar-refractivity contribution in [2.24, 2.45) is 5.92 Å². The summed E-state index contributed by atoms with van der Waals surface area (Å²) >= 11 is 5.80. The zero-order valence-electron chi connectivity index (χ0n) is 10.6. The van der Waals surface area contributed by atoms with Gasteiger partial charge in [-0.1, -0.05) is 11.6 Å². The number of rotatable bonds is 5. The van der Waals surface area contributed by atoms with Crippen molar-refractivity contribution in [3.05, 3.63) is 34.9 Å². The third-order valence-electron chi connectivity index (χ3n) is 3.31. The van der Waals surface area contributed by atoms with E-state index in [0.717, 1.165) is 31.7 Å². The van der Waals surface area contributed by atoms with E-state index in [0.29, 0.717) is 17.5 Å². The Hall–Kier alpha value is -0.900. The lowest BCUT2D eigenvalue weighted by Crippen LogP contribution is -2.28. The Bertz CT molecular complexity index is 405. The lowest BCUT2D eigenvalue weighted by atomic mass is 10.1. The molecule has 1 aliphatic rings. The van der Waals surface area contributed by atoms with E-state index in [1.165, 1.54) is 0 Å². The highest BCUT2D eigenvalue weighted by molar-refractivity contribution is 6.30. The third-order valence-corrected chi connectivity index (χ3v) is 3.56. The highest BCUT2D eigenvalue weighted by Crippen LogP contribution is 2.17. The quantitative estimate of drug-likeness (QED) is 0.768. The maximum Gasteiger partial charge on any atom is 0.176 e. The highest BCUT2D eigenvalue weighted by atomic mass is 35.5. The number of ether oxygens (including phenoxy) is 1. The molecule has 0 spiro atoms. The van der Waals surface area contributed by atoms with Crippen molar-refractivity contribution in [1.29, 1.82) is 0 Å². The highest BCUT2D eigenvalue weighted by Gasteiger charge is 2.24. The number of nitrogens with zero attached hydrogens (tertiary/aromatic N) is 1. The van der Waals surface area contributed by atoms with E-state index in [1.54, 1.807) is 31.4 Å². The molecule has 4 heteroatoms. The van der Waals surface area contributed by atoms with Crippen LogP contribution in [0.25, 0.3) is 0 Å². The molecule has 1 fully saturated rings. The van der Waals surface area contributed by atoms with Crippen LogP contribution in [0.3, 0.4) is 0 Å². The summed E-state index contributed by atoms with van der Waals surface area (Å²) in [6.45, 7) is 3.20. The Morgan fingerprint density at radius 3 is 2.83 bits per heavy atom. The van der Waals surface area contributed by atoms with Gasteiger partial charge in [-0.25, -0.2) is 0 Å². The Labute approximate surface area is 113 Å². The number of Topliss-reactive ketones (excluding diaryl/α,β-unsaturated/α-hetero) is 1. The molecule has 18 heavy (non-hydrogen) atoms. The first-order chi connectivity index (χ1) is 8.69. The van der Waals surface area contributed by atoms with Gasteiger partial charge in [0, 0.05) is 24.2 Å². The van der Waals surface area contributed by atoms with E-state index >= 15 is 0 Å². The molecule has 2 rings (SSSR count). The maximum atomic E-state index is 12.1. The molecule has 0 N–H and O–H groups in total. The zero-order chi connectivity index (χ0) is 13.0. The average molecular weight is 268 g/mol. The molecule has 0 saturated carbocycles. The first kappa shape index (κ1) is 13.5. The molecule has 0 aliphatic carbocycles. The van der Waals surface area contributed by atoms with Gasteiger partial charge >= 0.3 is 0 Å². The van der Waals surface area contributed by atoms with Crippen molar-refractivity contribution >= 4 is 17.4 Å². The molecule has 0 bridgehead atoms. The minimum atomic E-state index is 0.157. The van der Waals surface area contributed by atoms with E-state index < -0.39 is 0 Å². The minimum Gasteiger partial charge on any atom is -0.384 e. The van der Waals surface area contributed by atoms with Gasteiger partial charge in [-0.05, 0) is 43.1 Å². The minimum absolute atomic E-state index is 0.157. The van der Waals surface area contributed by atoms with Crippen LogP contribution < -0.4 is 0 Å². The number of benzene rings is 1. The fourth-order valence-electron chi connectivity index (χ4n) is 2.36. The monoisotopic (exact) mass is 267 g/mol. The molecule has 1 aromatic carbocycles. The lowest BCUT2D eigenvalue weighted by molar-refractivity contribution is 0.0937. The number of hydrogen-bond acceptors (Lipinski definition) is 3. The van der Waals surface area contributed by atoms with Crippen LogP contribution in [0.5, 0.6) is 0 Å². The summed E-state index contributed by atoms with van der Waals surface area (Å²) in [5, 5.41) is 0.660. The van der Waals surface area contributed by atoms with Gasteiger partial charge in [0.25, 0.3) is 0 Å². The van der Waals surface area contributed by atoms with Gasteiger partial charge < -0.3 is 4.74 Å². The second-order valence-electron chi connectivity index (χ2n) is 4.78. The topological polar surface area (TPSA) is 29.5 Å². The van der Waals surface area contributed by atoms with Gasteiger partial charge in [0.1, 0.15) is 0 Å². The number of halogens is 1. The number of ketones is 1. The molecule has 1 saturated heterocycles. The first-order valence-electron chi connectivity index (χ1n) is 6.19. The predicted octanol–water partition coefficient (Wildman–Crippen LogP) is 2.49. The smallest absolute Gasteiger partial charge is 0.176 e. The second kappa shape index (κ2) is 6.32. The van der Waals surface area contributed by atoms with Crippen molar-refractivity contribution in [3.8, 4) is 0 Å². The van der Waals surface area contributed by atoms with Gasteiger partial charge in [-0.2, -0.15) is 0 Å². The van der Waals surface area contributed by atoms with Gasteiger partial charge in [0.15, 0.2) is 5.78 Å². The molecule has 0 amide bonds. The first-order valence-corrected chi connectivity index (χ1v) is 6.57. The molecule has 1 aliphatic heterocycles. The number of carbonyl (C=O) groups excluding carboxylic acids is 1. The Balaban J connectivity index is 1.87. The number of hydrogen-bond donors (Lipinski definition) is 0. The molecule has 1 aromatic rings. The summed E-state index contributed by atoms with van der Waals surface area (Å²) in [7, 11) is 1.72. The lowest BCUT2D eigenvalue weighted by Gasteiger charge is -2.14. The SMILES string of the molecule is COCC1CCN(CC(=O)c2ccc(Cl)cc2)C1. The predicted molar refractivity (Wildman–Crippen MR) is 72.2 cm³/mol. The van der Waals surface area contributed by atoms with Crippen molar-refractivity contribution in [2.75, 3.05) is 33.4 Å².